The van der Waals surface area contributed by atoms with E-state index in [4.69, 9.17) is 11.6 Å². The summed E-state index contributed by atoms with van der Waals surface area (Å²) in [6.45, 7) is 1.74. The van der Waals surface area contributed by atoms with Gasteiger partial charge in [-0.2, -0.15) is 0 Å². The summed E-state index contributed by atoms with van der Waals surface area (Å²) >= 11 is 5.79. The average Bonchev–Trinajstić information content (AvgIpc) is 2.62. The molecule has 26 heavy (non-hydrogen) atoms. The average molecular weight is 367 g/mol. The highest BCUT2D eigenvalue weighted by Crippen LogP contribution is 2.17. The molecule has 0 aliphatic carbocycles. The minimum Gasteiger partial charge on any atom is -0.507 e. The first-order chi connectivity index (χ1) is 12.4. The summed E-state index contributed by atoms with van der Waals surface area (Å²) < 4.78 is 0. The van der Waals surface area contributed by atoms with Crippen molar-refractivity contribution in [2.24, 2.45) is 0 Å². The molecule has 0 spiro atoms. The summed E-state index contributed by atoms with van der Waals surface area (Å²) in [6, 6.07) is 13.6. The Hall–Kier alpha value is -3.18. The quantitative estimate of drug-likeness (QED) is 0.518. The molecule has 0 fully saturated rings. The van der Waals surface area contributed by atoms with Crippen LogP contribution in [0.25, 0.3) is 22.9 Å². The van der Waals surface area contributed by atoms with Crippen molar-refractivity contribution >= 4 is 40.3 Å². The smallest absolute Gasteiger partial charge is 0.223 e. The van der Waals surface area contributed by atoms with Crippen LogP contribution in [0.2, 0.25) is 5.02 Å². The van der Waals surface area contributed by atoms with E-state index < -0.39 is 11.5 Å². The number of hydrogen-bond acceptors (Lipinski definition) is 5. The minimum absolute atomic E-state index is 0.270. The van der Waals surface area contributed by atoms with Gasteiger partial charge in [0.1, 0.15) is 5.76 Å². The van der Waals surface area contributed by atoms with Gasteiger partial charge in [0.25, 0.3) is 0 Å². The number of aromatic nitrogens is 2. The molecule has 130 valence electrons. The first-order valence-electron chi connectivity index (χ1n) is 7.79. The monoisotopic (exact) mass is 366 g/mol. The number of carbonyl (C=O) groups excluding carboxylic acids is 1. The molecule has 0 bridgehead atoms. The van der Waals surface area contributed by atoms with Crippen LogP contribution in [0.3, 0.4) is 0 Å². The minimum atomic E-state index is -0.744. The van der Waals surface area contributed by atoms with Gasteiger partial charge in [0.15, 0.2) is 5.76 Å². The van der Waals surface area contributed by atoms with Crippen molar-refractivity contribution in [1.29, 1.82) is 0 Å². The third-order valence-electron chi connectivity index (χ3n) is 3.72. The summed E-state index contributed by atoms with van der Waals surface area (Å²) in [5.41, 5.74) is 2.76. The molecular weight excluding hydrogens is 352 g/mol. The second-order valence-corrected chi connectivity index (χ2v) is 6.05. The lowest BCUT2D eigenvalue weighted by Gasteiger charge is -2.04. The van der Waals surface area contributed by atoms with Crippen LogP contribution in [-0.2, 0) is 4.79 Å². The highest BCUT2D eigenvalue weighted by Gasteiger charge is 2.11. The van der Waals surface area contributed by atoms with Crippen LogP contribution in [0, 0.1) is 6.92 Å². The number of ketones is 1. The van der Waals surface area contributed by atoms with Crippen molar-refractivity contribution in [1.82, 2.24) is 9.97 Å². The van der Waals surface area contributed by atoms with Gasteiger partial charge in [-0.05, 0) is 43.3 Å². The molecule has 1 aromatic heterocycles. The number of carbonyl (C=O) groups is 1. The van der Waals surface area contributed by atoms with Crippen LogP contribution in [0.5, 0.6) is 0 Å². The van der Waals surface area contributed by atoms with Gasteiger partial charge in [-0.15, -0.1) is 0 Å². The summed E-state index contributed by atoms with van der Waals surface area (Å²) in [7, 11) is 0. The number of benzene rings is 2. The Morgan fingerprint density at radius 2 is 1.62 bits per heavy atom. The molecule has 0 aliphatic heterocycles. The number of nitrogens with zero attached hydrogens (tertiary/aromatic N) is 2. The molecule has 0 atom stereocenters. The molecule has 5 nitrogen and oxygen atoms in total. The maximum absolute atomic E-state index is 12.1. The highest BCUT2D eigenvalue weighted by atomic mass is 35.5. The maximum Gasteiger partial charge on any atom is 0.223 e. The number of para-hydroxylation sites is 2. The Kier molecular flexibility index (Phi) is 5.00. The second-order valence-electron chi connectivity index (χ2n) is 5.61. The number of aryl methyl sites for hydroxylation is 1. The van der Waals surface area contributed by atoms with Gasteiger partial charge < -0.3 is 10.2 Å². The maximum atomic E-state index is 12.1. The first kappa shape index (κ1) is 17.6. The van der Waals surface area contributed by atoms with E-state index in [1.165, 1.54) is 6.08 Å². The van der Waals surface area contributed by atoms with E-state index in [0.29, 0.717) is 27.5 Å². The SMILES string of the molecule is Cc1nc2ccccc2nc1/C=C(\O)C(=O)/C=C(\O)c1ccc(Cl)cc1. The molecule has 3 rings (SSSR count). The van der Waals surface area contributed by atoms with Crippen molar-refractivity contribution in [3.8, 4) is 0 Å². The lowest BCUT2D eigenvalue weighted by Crippen LogP contribution is -2.01. The molecule has 2 N–H and O–H groups in total. The summed E-state index contributed by atoms with van der Waals surface area (Å²) in [6.07, 6.45) is 2.18. The number of rotatable bonds is 4. The van der Waals surface area contributed by atoms with E-state index in [-0.39, 0.29) is 5.76 Å². The molecular formula is C20H15ClN2O3. The summed E-state index contributed by atoms with van der Waals surface area (Å²) in [5, 5.41) is 20.6. The lowest BCUT2D eigenvalue weighted by molar-refractivity contribution is -0.113. The fourth-order valence-electron chi connectivity index (χ4n) is 2.34. The zero-order valence-corrected chi connectivity index (χ0v) is 14.6. The van der Waals surface area contributed by atoms with Crippen molar-refractivity contribution in [2.45, 2.75) is 6.92 Å². The molecule has 1 heterocycles. The Labute approximate surface area is 154 Å². The zero-order chi connectivity index (χ0) is 18.7. The van der Waals surface area contributed by atoms with Gasteiger partial charge in [-0.3, -0.25) is 4.79 Å². The molecule has 0 saturated heterocycles. The molecule has 0 aliphatic rings. The van der Waals surface area contributed by atoms with Crippen LogP contribution in [0.15, 0.2) is 60.4 Å². The molecule has 0 radical (unpaired) electrons. The molecule has 3 aromatic rings. The fourth-order valence-corrected chi connectivity index (χ4v) is 2.47. The zero-order valence-electron chi connectivity index (χ0n) is 13.8. The van der Waals surface area contributed by atoms with Crippen LogP contribution in [-0.4, -0.2) is 26.0 Å². The van der Waals surface area contributed by atoms with Gasteiger partial charge in [0, 0.05) is 22.7 Å². The number of allylic oxidation sites excluding steroid dienone is 1. The third-order valence-corrected chi connectivity index (χ3v) is 3.97. The van der Waals surface area contributed by atoms with Crippen LogP contribution < -0.4 is 0 Å². The van der Waals surface area contributed by atoms with Gasteiger partial charge in [-0.25, -0.2) is 9.97 Å². The lowest BCUT2D eigenvalue weighted by atomic mass is 10.1. The molecule has 0 saturated carbocycles. The van der Waals surface area contributed by atoms with E-state index in [0.717, 1.165) is 11.6 Å². The Morgan fingerprint density at radius 3 is 2.27 bits per heavy atom. The molecule has 0 unspecified atom stereocenters. The van der Waals surface area contributed by atoms with Crippen molar-refractivity contribution in [3.05, 3.63) is 82.3 Å². The largest absolute Gasteiger partial charge is 0.507 e. The number of hydrogen-bond donors (Lipinski definition) is 2. The number of aliphatic hydroxyl groups is 2. The predicted molar refractivity (Wildman–Crippen MR) is 102 cm³/mol. The Morgan fingerprint density at radius 1 is 1.00 bits per heavy atom. The van der Waals surface area contributed by atoms with Crippen molar-refractivity contribution in [2.75, 3.05) is 0 Å². The first-order valence-corrected chi connectivity index (χ1v) is 8.17. The Bertz CT molecular complexity index is 1040. The number of halogens is 1. The predicted octanol–water partition coefficient (Wildman–Crippen LogP) is 4.66. The van der Waals surface area contributed by atoms with E-state index in [9.17, 15) is 15.0 Å². The van der Waals surface area contributed by atoms with E-state index >= 15 is 0 Å². The molecule has 6 heteroatoms. The van der Waals surface area contributed by atoms with Crippen molar-refractivity contribution < 1.29 is 15.0 Å². The standard InChI is InChI=1S/C20H15ClN2O3/c1-12-17(23-16-5-3-2-4-15(16)22-12)10-19(25)20(26)11-18(24)13-6-8-14(21)9-7-13/h2-11,24-25H,1H3/b18-11-,19-10-. The second kappa shape index (κ2) is 7.37. The van der Waals surface area contributed by atoms with Gasteiger partial charge >= 0.3 is 0 Å². The van der Waals surface area contributed by atoms with Crippen molar-refractivity contribution in [3.63, 3.8) is 0 Å². The van der Waals surface area contributed by atoms with E-state index in [1.807, 2.05) is 18.2 Å². The fraction of sp³-hybridized carbons (Fsp3) is 0.0500. The van der Waals surface area contributed by atoms with Crippen LogP contribution >= 0.6 is 11.6 Å². The van der Waals surface area contributed by atoms with E-state index in [1.54, 1.807) is 37.3 Å². The van der Waals surface area contributed by atoms with E-state index in [2.05, 4.69) is 9.97 Å². The third kappa shape index (κ3) is 3.90. The molecule has 2 aromatic carbocycles. The van der Waals surface area contributed by atoms with Gasteiger partial charge in [0.2, 0.25) is 5.78 Å². The number of fused-ring (bicyclic) bond motifs is 1. The van der Waals surface area contributed by atoms with Gasteiger partial charge in [0.05, 0.1) is 22.4 Å². The van der Waals surface area contributed by atoms with Crippen LogP contribution in [0.1, 0.15) is 17.0 Å². The van der Waals surface area contributed by atoms with Crippen LogP contribution in [0.4, 0.5) is 0 Å². The molecule has 0 amide bonds. The number of aliphatic hydroxyl groups excluding tert-OH is 2. The van der Waals surface area contributed by atoms with Gasteiger partial charge in [-0.1, -0.05) is 23.7 Å². The Balaban J connectivity index is 1.89. The normalized spacial score (nSPS) is 12.4. The highest BCUT2D eigenvalue weighted by molar-refractivity contribution is 6.30. The summed E-state index contributed by atoms with van der Waals surface area (Å²) in [4.78, 5) is 20.9. The summed E-state index contributed by atoms with van der Waals surface area (Å²) in [5.74, 6) is -1.56. The topological polar surface area (TPSA) is 83.3 Å².